The minimum absolute atomic E-state index is 0.00480. The van der Waals surface area contributed by atoms with Crippen molar-refractivity contribution in [3.63, 3.8) is 0 Å². The first-order valence-corrected chi connectivity index (χ1v) is 14.4. The summed E-state index contributed by atoms with van der Waals surface area (Å²) < 4.78 is 6.01. The normalized spacial score (nSPS) is 27.0. The van der Waals surface area contributed by atoms with Gasteiger partial charge in [0.15, 0.2) is 0 Å². The molecule has 2 atom stereocenters. The third-order valence-corrected chi connectivity index (χ3v) is 10.1. The number of nitrogens with zero attached hydrogens (tertiary/aromatic N) is 3. The molecule has 6 nitrogen and oxygen atoms in total. The maximum absolute atomic E-state index is 13.6. The zero-order chi connectivity index (χ0) is 27.5. The molecule has 3 aromatic rings. The summed E-state index contributed by atoms with van der Waals surface area (Å²) in [5.41, 5.74) is 2.62. The Morgan fingerprint density at radius 2 is 1.77 bits per heavy atom. The van der Waals surface area contributed by atoms with Crippen LogP contribution in [0.5, 0.6) is 5.75 Å². The van der Waals surface area contributed by atoms with Gasteiger partial charge in [-0.25, -0.2) is 0 Å². The Balaban J connectivity index is 1.35. The molecule has 1 saturated heterocycles. The predicted octanol–water partition coefficient (Wildman–Crippen LogP) is 8.64. The van der Waals surface area contributed by atoms with Crippen molar-refractivity contribution >= 4 is 63.5 Å². The lowest BCUT2D eigenvalue weighted by atomic mass is 9.70. The fraction of sp³-hybridized carbons (Fsp3) is 0.300. The minimum Gasteiger partial charge on any atom is -0.508 e. The Labute approximate surface area is 241 Å². The number of thioether (sulfide) groups is 1. The molecule has 2 saturated carbocycles. The molecule has 3 aliphatic rings. The second-order valence-corrected chi connectivity index (χ2v) is 12.9. The molecule has 9 heteroatoms. The zero-order valence-electron chi connectivity index (χ0n) is 21.7. The molecular weight excluding hydrogens is 553 g/mol. The number of anilines is 1. The fourth-order valence-electron chi connectivity index (χ4n) is 5.96. The lowest BCUT2D eigenvalue weighted by molar-refractivity contribution is -0.113. The molecule has 2 aromatic carbocycles. The van der Waals surface area contributed by atoms with Gasteiger partial charge in [-0.15, -0.1) is 5.10 Å². The van der Waals surface area contributed by atoms with Crippen molar-refractivity contribution in [3.8, 4) is 17.1 Å². The van der Waals surface area contributed by atoms with E-state index in [1.165, 1.54) is 23.1 Å². The maximum Gasteiger partial charge on any atom is 0.271 e. The van der Waals surface area contributed by atoms with Crippen molar-refractivity contribution in [3.05, 3.63) is 75.3 Å². The number of halogens is 2. The average molecular weight is 581 g/mol. The summed E-state index contributed by atoms with van der Waals surface area (Å²) in [6, 6.07) is 15.3. The Kier molecular flexibility index (Phi) is 6.44. The molecule has 2 aliphatic carbocycles. The number of fused-ring (bicyclic) bond motifs is 2. The van der Waals surface area contributed by atoms with Gasteiger partial charge in [0.25, 0.3) is 5.91 Å². The molecule has 1 amide bonds. The number of carbonyl (C=O) groups excluding carboxylic acids is 1. The van der Waals surface area contributed by atoms with Crippen LogP contribution in [0.15, 0.2) is 74.1 Å². The average Bonchev–Trinajstić information content (AvgIpc) is 3.58. The molecule has 0 radical (unpaired) electrons. The van der Waals surface area contributed by atoms with E-state index < -0.39 is 0 Å². The molecule has 1 aliphatic heterocycles. The van der Waals surface area contributed by atoms with Crippen molar-refractivity contribution in [1.29, 1.82) is 0 Å². The molecule has 2 bridgehead atoms. The van der Waals surface area contributed by atoms with Gasteiger partial charge < -0.3 is 9.52 Å². The summed E-state index contributed by atoms with van der Waals surface area (Å²) in [5, 5.41) is 20.7. The van der Waals surface area contributed by atoms with Gasteiger partial charge >= 0.3 is 0 Å². The topological polar surface area (TPSA) is 78.4 Å². The molecule has 3 fully saturated rings. The largest absolute Gasteiger partial charge is 0.508 e. The molecule has 1 aromatic heterocycles. The summed E-state index contributed by atoms with van der Waals surface area (Å²) >= 11 is 13.6. The maximum atomic E-state index is 13.6. The van der Waals surface area contributed by atoms with E-state index in [1.807, 2.05) is 6.07 Å². The van der Waals surface area contributed by atoms with E-state index in [1.54, 1.807) is 54.6 Å². The Morgan fingerprint density at radius 3 is 2.41 bits per heavy atom. The van der Waals surface area contributed by atoms with Gasteiger partial charge in [0.1, 0.15) is 17.3 Å². The molecular formula is C30H27Cl2N3O3S. The van der Waals surface area contributed by atoms with Crippen LogP contribution in [0.4, 0.5) is 5.69 Å². The van der Waals surface area contributed by atoms with E-state index in [9.17, 15) is 9.90 Å². The summed E-state index contributed by atoms with van der Waals surface area (Å²) in [5.74, 6) is 1.58. The summed E-state index contributed by atoms with van der Waals surface area (Å²) in [6.07, 6.45) is 4.95. The number of hydrogen-bond donors (Lipinski definition) is 1. The first kappa shape index (κ1) is 26.2. The van der Waals surface area contributed by atoms with Gasteiger partial charge in [0, 0.05) is 32.8 Å². The van der Waals surface area contributed by atoms with E-state index >= 15 is 0 Å². The Hall–Kier alpha value is -3.00. The number of furan rings is 1. The van der Waals surface area contributed by atoms with Gasteiger partial charge in [-0.2, -0.15) is 5.10 Å². The van der Waals surface area contributed by atoms with E-state index in [0.29, 0.717) is 43.2 Å². The fourth-order valence-corrected chi connectivity index (χ4v) is 7.40. The number of amides is 1. The molecule has 0 spiro atoms. The van der Waals surface area contributed by atoms with Gasteiger partial charge in [-0.1, -0.05) is 44.0 Å². The number of phenols is 1. The molecule has 39 heavy (non-hydrogen) atoms. The van der Waals surface area contributed by atoms with Crippen molar-refractivity contribution in [2.75, 3.05) is 4.90 Å². The summed E-state index contributed by atoms with van der Waals surface area (Å²) in [4.78, 5) is 15.6. The highest BCUT2D eigenvalue weighted by atomic mass is 35.5. The summed E-state index contributed by atoms with van der Waals surface area (Å²) in [6.45, 7) is 6.94. The van der Waals surface area contributed by atoms with Crippen molar-refractivity contribution < 1.29 is 14.3 Å². The van der Waals surface area contributed by atoms with Crippen LogP contribution < -0.4 is 4.90 Å². The molecule has 1 N–H and O–H groups in total. The van der Waals surface area contributed by atoms with Crippen molar-refractivity contribution in [1.82, 2.24) is 0 Å². The Morgan fingerprint density at radius 1 is 1.05 bits per heavy atom. The highest BCUT2D eigenvalue weighted by Crippen LogP contribution is 2.64. The van der Waals surface area contributed by atoms with Crippen LogP contribution in [0.3, 0.4) is 0 Å². The number of benzene rings is 2. The lowest BCUT2D eigenvalue weighted by Gasteiger charge is -2.34. The van der Waals surface area contributed by atoms with Crippen molar-refractivity contribution in [2.45, 2.75) is 40.0 Å². The molecule has 2 unspecified atom stereocenters. The van der Waals surface area contributed by atoms with E-state index in [0.717, 1.165) is 24.1 Å². The molecule has 200 valence electrons. The van der Waals surface area contributed by atoms with Crippen LogP contribution >= 0.6 is 35.0 Å². The first-order valence-electron chi connectivity index (χ1n) is 12.8. The quantitative estimate of drug-likeness (QED) is 0.248. The van der Waals surface area contributed by atoms with Gasteiger partial charge in [-0.05, 0) is 97.0 Å². The highest BCUT2D eigenvalue weighted by molar-refractivity contribution is 8.19. The van der Waals surface area contributed by atoms with Gasteiger partial charge in [-0.3, -0.25) is 9.69 Å². The highest BCUT2D eigenvalue weighted by Gasteiger charge is 2.60. The summed E-state index contributed by atoms with van der Waals surface area (Å²) in [7, 11) is 0. The Bertz CT molecular complexity index is 1550. The van der Waals surface area contributed by atoms with Gasteiger partial charge in [0.2, 0.25) is 5.17 Å². The van der Waals surface area contributed by atoms with Crippen LogP contribution in [0.25, 0.3) is 17.4 Å². The monoisotopic (exact) mass is 579 g/mol. The van der Waals surface area contributed by atoms with Crippen LogP contribution in [0.2, 0.25) is 10.0 Å². The first-order chi connectivity index (χ1) is 18.5. The SMILES string of the molecule is CC12CCC(CC1=NN=C1SC(=Cc3ccc(-c4cc(Cl)cc(Cl)c4)o3)C(=O)N1c1ccc(O)cc1)C2(C)C. The number of hydrogen-bond acceptors (Lipinski definition) is 6. The predicted molar refractivity (Wildman–Crippen MR) is 159 cm³/mol. The van der Waals surface area contributed by atoms with Crippen LogP contribution in [0.1, 0.15) is 45.8 Å². The van der Waals surface area contributed by atoms with E-state index in [4.69, 9.17) is 32.7 Å². The number of rotatable bonds is 4. The number of aromatic hydroxyl groups is 1. The number of amidine groups is 1. The van der Waals surface area contributed by atoms with Gasteiger partial charge in [0.05, 0.1) is 10.6 Å². The van der Waals surface area contributed by atoms with Crippen LogP contribution in [-0.2, 0) is 4.79 Å². The third-order valence-electron chi connectivity index (χ3n) is 8.73. The van der Waals surface area contributed by atoms with Crippen LogP contribution in [0, 0.1) is 16.7 Å². The third kappa shape index (κ3) is 4.50. The smallest absolute Gasteiger partial charge is 0.271 e. The number of phenolic OH excluding ortho intramolecular Hbond substituents is 1. The second-order valence-electron chi connectivity index (χ2n) is 11.1. The second kappa shape index (κ2) is 9.58. The van der Waals surface area contributed by atoms with E-state index in [-0.39, 0.29) is 22.5 Å². The van der Waals surface area contributed by atoms with Crippen LogP contribution in [-0.4, -0.2) is 21.9 Å². The standard InChI is InChI=1S/C30H27Cl2N3O3S/c1-29(2)18-10-11-30(29,3)26(14-18)33-34-28-35(21-4-6-22(36)7-5-21)27(37)25(39-28)16-23-8-9-24(38-23)17-12-19(31)15-20(32)13-17/h4-9,12-13,15-16,18,36H,10-11,14H2,1-3H3. The minimum atomic E-state index is -0.243. The molecule has 6 rings (SSSR count). The van der Waals surface area contributed by atoms with Crippen molar-refractivity contribution in [2.24, 2.45) is 27.0 Å². The van der Waals surface area contributed by atoms with E-state index in [2.05, 4.69) is 25.9 Å². The number of carbonyl (C=O) groups is 1. The zero-order valence-corrected chi connectivity index (χ0v) is 24.1. The lowest BCUT2D eigenvalue weighted by Crippen LogP contribution is -2.32. The molecule has 2 heterocycles.